The van der Waals surface area contributed by atoms with Crippen LogP contribution >= 0.6 is 0 Å². The van der Waals surface area contributed by atoms with E-state index in [2.05, 4.69) is 50.9 Å². The van der Waals surface area contributed by atoms with Crippen LogP contribution in [0.25, 0.3) is 11.0 Å². The Labute approximate surface area is 135 Å². The summed E-state index contributed by atoms with van der Waals surface area (Å²) in [5, 5.41) is 11.6. The number of hydrogen-bond donors (Lipinski definition) is 1. The maximum atomic E-state index is 4.96. The molecule has 0 radical (unpaired) electrons. The Balaban J connectivity index is 1.62. The smallest absolute Gasteiger partial charge is 0.158 e. The van der Waals surface area contributed by atoms with Crippen LogP contribution in [0.2, 0.25) is 0 Å². The Bertz CT molecular complexity index is 778. The average Bonchev–Trinajstić information content (AvgIpc) is 3.09. The molecule has 1 fully saturated rings. The molecule has 23 heavy (non-hydrogen) atoms. The Kier molecular flexibility index (Phi) is 3.84. The van der Waals surface area contributed by atoms with E-state index in [9.17, 15) is 0 Å². The molecule has 0 spiro atoms. The third-order valence-electron chi connectivity index (χ3n) is 4.38. The molecular formula is C18H20N4O. The van der Waals surface area contributed by atoms with Gasteiger partial charge in [0.2, 0.25) is 0 Å². The average molecular weight is 308 g/mol. The van der Waals surface area contributed by atoms with Crippen molar-refractivity contribution in [2.75, 3.05) is 23.3 Å². The number of piperidine rings is 1. The third kappa shape index (κ3) is 2.99. The second-order valence-electron chi connectivity index (χ2n) is 6.01. The van der Waals surface area contributed by atoms with Crippen LogP contribution < -0.4 is 10.2 Å². The lowest BCUT2D eigenvalue weighted by molar-refractivity contribution is 0.315. The van der Waals surface area contributed by atoms with Crippen LogP contribution in [0.5, 0.6) is 0 Å². The van der Waals surface area contributed by atoms with Crippen molar-refractivity contribution in [3.05, 3.63) is 48.0 Å². The number of benzene rings is 2. The molecule has 1 saturated heterocycles. The van der Waals surface area contributed by atoms with Crippen molar-refractivity contribution in [2.45, 2.75) is 25.8 Å². The fourth-order valence-electron chi connectivity index (χ4n) is 3.15. The largest absolute Gasteiger partial charge is 0.381 e. The molecule has 1 aliphatic heterocycles. The van der Waals surface area contributed by atoms with E-state index in [4.69, 9.17) is 4.63 Å². The van der Waals surface area contributed by atoms with Gasteiger partial charge in [-0.05, 0) is 47.3 Å². The molecule has 0 atom stereocenters. The molecule has 0 aliphatic carbocycles. The molecule has 1 aliphatic rings. The lowest BCUT2D eigenvalue weighted by atomic mass is 10.1. The number of aromatic nitrogens is 2. The number of hydrogen-bond acceptors (Lipinski definition) is 5. The van der Waals surface area contributed by atoms with Crippen molar-refractivity contribution < 1.29 is 4.63 Å². The zero-order valence-electron chi connectivity index (χ0n) is 13.0. The van der Waals surface area contributed by atoms with Gasteiger partial charge < -0.3 is 10.2 Å². The molecule has 2 aromatic carbocycles. The second-order valence-corrected chi connectivity index (χ2v) is 6.01. The third-order valence-corrected chi connectivity index (χ3v) is 4.38. The SMILES string of the molecule is c1ccc(CNc2cc(N3CCCCC3)c3nonc3c2)cc1. The van der Waals surface area contributed by atoms with Crippen LogP contribution in [0.3, 0.4) is 0 Å². The van der Waals surface area contributed by atoms with E-state index >= 15 is 0 Å². The fourth-order valence-corrected chi connectivity index (χ4v) is 3.15. The van der Waals surface area contributed by atoms with Gasteiger partial charge in [0.25, 0.3) is 0 Å². The Morgan fingerprint density at radius 3 is 2.65 bits per heavy atom. The first-order valence-electron chi connectivity index (χ1n) is 8.19. The zero-order valence-corrected chi connectivity index (χ0v) is 13.0. The van der Waals surface area contributed by atoms with Crippen LogP contribution in [0, 0.1) is 0 Å². The molecule has 3 aromatic rings. The quantitative estimate of drug-likeness (QED) is 0.794. The summed E-state index contributed by atoms with van der Waals surface area (Å²) in [5.74, 6) is 0. The van der Waals surface area contributed by atoms with E-state index in [0.717, 1.165) is 42.0 Å². The number of fused-ring (bicyclic) bond motifs is 1. The summed E-state index contributed by atoms with van der Waals surface area (Å²) in [6, 6.07) is 14.6. The van der Waals surface area contributed by atoms with Crippen LogP contribution in [0.15, 0.2) is 47.1 Å². The first kappa shape index (κ1) is 14.1. The van der Waals surface area contributed by atoms with Gasteiger partial charge in [-0.25, -0.2) is 4.63 Å². The van der Waals surface area contributed by atoms with Crippen LogP contribution in [0.1, 0.15) is 24.8 Å². The van der Waals surface area contributed by atoms with Gasteiger partial charge in [-0.2, -0.15) is 0 Å². The summed E-state index contributed by atoms with van der Waals surface area (Å²) in [6.07, 6.45) is 3.77. The molecule has 0 amide bonds. The maximum absolute atomic E-state index is 4.96. The maximum Gasteiger partial charge on any atom is 0.158 e. The van der Waals surface area contributed by atoms with Gasteiger partial charge in [-0.3, -0.25) is 0 Å². The van der Waals surface area contributed by atoms with E-state index < -0.39 is 0 Å². The van der Waals surface area contributed by atoms with E-state index in [-0.39, 0.29) is 0 Å². The minimum absolute atomic E-state index is 0.789. The van der Waals surface area contributed by atoms with Crippen LogP contribution in [0.4, 0.5) is 11.4 Å². The van der Waals surface area contributed by atoms with E-state index in [1.807, 2.05) is 12.1 Å². The highest BCUT2D eigenvalue weighted by atomic mass is 16.6. The standard InChI is InChI=1S/C18H20N4O/c1-3-7-14(8-4-1)13-19-15-11-16-18(21-23-20-16)17(12-15)22-9-5-2-6-10-22/h1,3-4,7-8,11-12,19H,2,5-6,9-10,13H2. The molecule has 5 nitrogen and oxygen atoms in total. The summed E-state index contributed by atoms with van der Waals surface area (Å²) < 4.78 is 4.96. The highest BCUT2D eigenvalue weighted by molar-refractivity contribution is 5.91. The summed E-state index contributed by atoms with van der Waals surface area (Å²) in [6.45, 7) is 2.94. The topological polar surface area (TPSA) is 54.2 Å². The molecular weight excluding hydrogens is 288 g/mol. The second kappa shape index (κ2) is 6.28. The molecule has 1 aromatic heterocycles. The minimum Gasteiger partial charge on any atom is -0.381 e. The van der Waals surface area contributed by atoms with Crippen molar-refractivity contribution in [1.82, 2.24) is 10.3 Å². The number of nitrogens with zero attached hydrogens (tertiary/aromatic N) is 3. The number of nitrogens with one attached hydrogen (secondary N) is 1. The van der Waals surface area contributed by atoms with Crippen molar-refractivity contribution in [2.24, 2.45) is 0 Å². The predicted octanol–water partition coefficient (Wildman–Crippen LogP) is 3.83. The van der Waals surface area contributed by atoms with Gasteiger partial charge in [-0.1, -0.05) is 30.3 Å². The van der Waals surface area contributed by atoms with E-state index in [0.29, 0.717) is 0 Å². The minimum atomic E-state index is 0.789. The highest BCUT2D eigenvalue weighted by Crippen LogP contribution is 2.31. The summed E-state index contributed by atoms with van der Waals surface area (Å²) in [4.78, 5) is 2.39. The van der Waals surface area contributed by atoms with Gasteiger partial charge in [0.05, 0.1) is 5.69 Å². The van der Waals surface area contributed by atoms with Crippen molar-refractivity contribution in [1.29, 1.82) is 0 Å². The van der Waals surface area contributed by atoms with Crippen LogP contribution in [-0.2, 0) is 6.54 Å². The normalized spacial score (nSPS) is 15.0. The Morgan fingerprint density at radius 2 is 1.83 bits per heavy atom. The molecule has 0 unspecified atom stereocenters. The lowest BCUT2D eigenvalue weighted by Gasteiger charge is -2.29. The molecule has 0 bridgehead atoms. The Hall–Kier alpha value is -2.56. The lowest BCUT2D eigenvalue weighted by Crippen LogP contribution is -2.29. The monoisotopic (exact) mass is 308 g/mol. The Morgan fingerprint density at radius 1 is 1.00 bits per heavy atom. The first-order valence-corrected chi connectivity index (χ1v) is 8.19. The molecule has 118 valence electrons. The van der Waals surface area contributed by atoms with Crippen molar-refractivity contribution in [3.8, 4) is 0 Å². The molecule has 0 saturated carbocycles. The number of anilines is 2. The summed E-state index contributed by atoms with van der Waals surface area (Å²) >= 11 is 0. The van der Waals surface area contributed by atoms with Gasteiger partial charge in [-0.15, -0.1) is 0 Å². The molecule has 1 N–H and O–H groups in total. The van der Waals surface area contributed by atoms with E-state index in [1.54, 1.807) is 0 Å². The predicted molar refractivity (Wildman–Crippen MR) is 91.6 cm³/mol. The molecule has 5 heteroatoms. The van der Waals surface area contributed by atoms with Gasteiger partial charge in [0.1, 0.15) is 5.52 Å². The zero-order chi connectivity index (χ0) is 15.5. The van der Waals surface area contributed by atoms with Gasteiger partial charge >= 0.3 is 0 Å². The van der Waals surface area contributed by atoms with Gasteiger partial charge in [0.15, 0.2) is 5.52 Å². The number of rotatable bonds is 4. The van der Waals surface area contributed by atoms with Gasteiger partial charge in [0, 0.05) is 25.3 Å². The first-order chi connectivity index (χ1) is 11.4. The highest BCUT2D eigenvalue weighted by Gasteiger charge is 2.17. The summed E-state index contributed by atoms with van der Waals surface area (Å²) in [7, 11) is 0. The van der Waals surface area contributed by atoms with Crippen molar-refractivity contribution >= 4 is 22.4 Å². The summed E-state index contributed by atoms with van der Waals surface area (Å²) in [5.41, 5.74) is 5.10. The molecule has 4 rings (SSSR count). The van der Waals surface area contributed by atoms with E-state index in [1.165, 1.54) is 24.8 Å². The fraction of sp³-hybridized carbons (Fsp3) is 0.333. The molecule has 2 heterocycles. The van der Waals surface area contributed by atoms with Crippen LogP contribution in [-0.4, -0.2) is 23.4 Å². The van der Waals surface area contributed by atoms with Crippen molar-refractivity contribution in [3.63, 3.8) is 0 Å².